The fourth-order valence-corrected chi connectivity index (χ4v) is 2.38. The molecule has 0 saturated heterocycles. The molecule has 1 unspecified atom stereocenters. The first-order valence-electron chi connectivity index (χ1n) is 6.32. The van der Waals surface area contributed by atoms with E-state index in [1.54, 1.807) is 0 Å². The zero-order valence-corrected chi connectivity index (χ0v) is 12.3. The summed E-state index contributed by atoms with van der Waals surface area (Å²) in [6.07, 6.45) is 0. The molecule has 0 aliphatic carbocycles. The van der Waals surface area contributed by atoms with Crippen LogP contribution in [0.3, 0.4) is 0 Å². The number of hydrogen-bond acceptors (Lipinski definition) is 2. The van der Waals surface area contributed by atoms with Crippen molar-refractivity contribution in [1.29, 1.82) is 0 Å². The van der Waals surface area contributed by atoms with Gasteiger partial charge in [-0.2, -0.15) is 0 Å². The number of rotatable bonds is 3. The minimum atomic E-state index is -0.0438. The molecule has 0 aliphatic rings. The fraction of sp³-hybridized carbons (Fsp3) is 0.250. The van der Waals surface area contributed by atoms with Crippen molar-refractivity contribution >= 4 is 17.3 Å². The molecular weight excluding hydrogens is 256 g/mol. The molecule has 0 fully saturated rings. The Labute approximate surface area is 119 Å². The molecule has 2 N–H and O–H groups in total. The summed E-state index contributed by atoms with van der Waals surface area (Å²) in [6, 6.07) is 14.4. The molecule has 2 nitrogen and oxygen atoms in total. The Morgan fingerprint density at radius 3 is 2.05 bits per heavy atom. The summed E-state index contributed by atoms with van der Waals surface area (Å²) in [7, 11) is 4.06. The molecule has 0 heterocycles. The van der Waals surface area contributed by atoms with Gasteiger partial charge in [0.25, 0.3) is 0 Å². The molecule has 2 aromatic rings. The first kappa shape index (κ1) is 13.9. The first-order valence-corrected chi connectivity index (χ1v) is 6.69. The van der Waals surface area contributed by atoms with Gasteiger partial charge in [0.1, 0.15) is 0 Å². The fourth-order valence-electron chi connectivity index (χ4n) is 2.03. The molecule has 0 aromatic heterocycles. The first-order chi connectivity index (χ1) is 8.99. The van der Waals surface area contributed by atoms with E-state index in [1.807, 2.05) is 33.2 Å². The van der Waals surface area contributed by atoms with E-state index in [4.69, 9.17) is 17.3 Å². The molecule has 2 aromatic carbocycles. The van der Waals surface area contributed by atoms with Gasteiger partial charge in [0.05, 0.1) is 0 Å². The second-order valence-electron chi connectivity index (χ2n) is 4.97. The minimum Gasteiger partial charge on any atom is -0.378 e. The SMILES string of the molecule is CC(N)c1ccc(-c2ccc(N(C)C)cc2)cc1Cl. The highest BCUT2D eigenvalue weighted by atomic mass is 35.5. The van der Waals surface area contributed by atoms with Crippen LogP contribution >= 0.6 is 11.6 Å². The van der Waals surface area contributed by atoms with E-state index in [1.165, 1.54) is 5.69 Å². The van der Waals surface area contributed by atoms with Crippen molar-refractivity contribution in [1.82, 2.24) is 0 Å². The summed E-state index contributed by atoms with van der Waals surface area (Å²) >= 11 is 6.27. The standard InChI is InChI=1S/C16H19ClN2/c1-11(18)15-9-6-13(10-16(15)17)12-4-7-14(8-5-12)19(2)3/h4-11H,18H2,1-3H3. The topological polar surface area (TPSA) is 29.3 Å². The van der Waals surface area contributed by atoms with Gasteiger partial charge < -0.3 is 10.6 Å². The lowest BCUT2D eigenvalue weighted by atomic mass is 10.0. The maximum absolute atomic E-state index is 6.27. The van der Waals surface area contributed by atoms with Gasteiger partial charge in [0, 0.05) is 30.8 Å². The molecular formula is C16H19ClN2. The van der Waals surface area contributed by atoms with Crippen LogP contribution in [-0.2, 0) is 0 Å². The predicted octanol–water partition coefficient (Wildman–Crippen LogP) is 4.09. The molecule has 0 saturated carbocycles. The van der Waals surface area contributed by atoms with E-state index in [9.17, 15) is 0 Å². The summed E-state index contributed by atoms with van der Waals surface area (Å²) in [5.41, 5.74) is 10.3. The Kier molecular flexibility index (Phi) is 4.13. The third-order valence-electron chi connectivity index (χ3n) is 3.21. The van der Waals surface area contributed by atoms with Crippen LogP contribution in [0.25, 0.3) is 11.1 Å². The molecule has 0 bridgehead atoms. The molecule has 0 spiro atoms. The molecule has 3 heteroatoms. The van der Waals surface area contributed by atoms with E-state index >= 15 is 0 Å². The van der Waals surface area contributed by atoms with Gasteiger partial charge >= 0.3 is 0 Å². The van der Waals surface area contributed by atoms with Crippen molar-refractivity contribution in [2.45, 2.75) is 13.0 Å². The Morgan fingerprint density at radius 2 is 1.58 bits per heavy atom. The van der Waals surface area contributed by atoms with Gasteiger partial charge in [-0.3, -0.25) is 0 Å². The summed E-state index contributed by atoms with van der Waals surface area (Å²) in [5, 5.41) is 0.726. The molecule has 0 amide bonds. The van der Waals surface area contributed by atoms with Gasteiger partial charge in [0.2, 0.25) is 0 Å². The third-order valence-corrected chi connectivity index (χ3v) is 3.54. The maximum atomic E-state index is 6.27. The molecule has 2 rings (SSSR count). The normalized spacial score (nSPS) is 12.3. The van der Waals surface area contributed by atoms with Crippen molar-refractivity contribution < 1.29 is 0 Å². The molecule has 100 valence electrons. The summed E-state index contributed by atoms with van der Waals surface area (Å²) in [4.78, 5) is 2.08. The number of hydrogen-bond donors (Lipinski definition) is 1. The second-order valence-corrected chi connectivity index (χ2v) is 5.37. The Hall–Kier alpha value is -1.51. The van der Waals surface area contributed by atoms with Crippen LogP contribution < -0.4 is 10.6 Å². The van der Waals surface area contributed by atoms with Crippen molar-refractivity contribution in [3.05, 3.63) is 53.1 Å². The van der Waals surface area contributed by atoms with E-state index in [-0.39, 0.29) is 6.04 Å². The lowest BCUT2D eigenvalue weighted by Gasteiger charge is -2.13. The van der Waals surface area contributed by atoms with Crippen LogP contribution in [-0.4, -0.2) is 14.1 Å². The van der Waals surface area contributed by atoms with Crippen molar-refractivity contribution in [2.24, 2.45) is 5.73 Å². The zero-order valence-electron chi connectivity index (χ0n) is 11.5. The lowest BCUT2D eigenvalue weighted by Crippen LogP contribution is -2.08. The Bertz CT molecular complexity index is 559. The quantitative estimate of drug-likeness (QED) is 0.913. The average Bonchev–Trinajstić information content (AvgIpc) is 2.38. The highest BCUT2D eigenvalue weighted by Gasteiger charge is 2.07. The van der Waals surface area contributed by atoms with E-state index in [0.717, 1.165) is 21.7 Å². The number of halogens is 1. The van der Waals surface area contributed by atoms with Gasteiger partial charge in [-0.15, -0.1) is 0 Å². The number of nitrogens with two attached hydrogens (primary N) is 1. The number of nitrogens with zero attached hydrogens (tertiary/aromatic N) is 1. The molecule has 1 atom stereocenters. The van der Waals surface area contributed by atoms with Crippen molar-refractivity contribution in [2.75, 3.05) is 19.0 Å². The second kappa shape index (κ2) is 5.64. The van der Waals surface area contributed by atoms with Gasteiger partial charge in [-0.1, -0.05) is 35.9 Å². The minimum absolute atomic E-state index is 0.0438. The maximum Gasteiger partial charge on any atom is 0.0459 e. The molecule has 19 heavy (non-hydrogen) atoms. The molecule has 0 aliphatic heterocycles. The third kappa shape index (κ3) is 3.09. The number of benzene rings is 2. The van der Waals surface area contributed by atoms with Crippen LogP contribution in [0, 0.1) is 0 Å². The van der Waals surface area contributed by atoms with Gasteiger partial charge in [0.15, 0.2) is 0 Å². The van der Waals surface area contributed by atoms with E-state index < -0.39 is 0 Å². The summed E-state index contributed by atoms with van der Waals surface area (Å²) in [5.74, 6) is 0. The van der Waals surface area contributed by atoms with Gasteiger partial charge in [-0.05, 0) is 41.8 Å². The highest BCUT2D eigenvalue weighted by Crippen LogP contribution is 2.29. The van der Waals surface area contributed by atoms with Crippen LogP contribution in [0.5, 0.6) is 0 Å². The van der Waals surface area contributed by atoms with Crippen molar-refractivity contribution in [3.63, 3.8) is 0 Å². The number of anilines is 1. The molecule has 0 radical (unpaired) electrons. The van der Waals surface area contributed by atoms with Crippen LogP contribution in [0.4, 0.5) is 5.69 Å². The lowest BCUT2D eigenvalue weighted by molar-refractivity contribution is 0.819. The van der Waals surface area contributed by atoms with E-state index in [2.05, 4.69) is 35.2 Å². The summed E-state index contributed by atoms with van der Waals surface area (Å²) in [6.45, 7) is 1.94. The Morgan fingerprint density at radius 1 is 1.00 bits per heavy atom. The smallest absolute Gasteiger partial charge is 0.0459 e. The summed E-state index contributed by atoms with van der Waals surface area (Å²) < 4.78 is 0. The van der Waals surface area contributed by atoms with Gasteiger partial charge in [-0.25, -0.2) is 0 Å². The van der Waals surface area contributed by atoms with E-state index in [0.29, 0.717) is 0 Å². The van der Waals surface area contributed by atoms with Crippen molar-refractivity contribution in [3.8, 4) is 11.1 Å². The van der Waals surface area contributed by atoms with Crippen LogP contribution in [0.1, 0.15) is 18.5 Å². The van der Waals surface area contributed by atoms with Crippen LogP contribution in [0.2, 0.25) is 5.02 Å². The Balaban J connectivity index is 2.34. The highest BCUT2D eigenvalue weighted by molar-refractivity contribution is 6.31. The zero-order chi connectivity index (χ0) is 14.0. The average molecular weight is 275 g/mol. The van der Waals surface area contributed by atoms with Crippen LogP contribution in [0.15, 0.2) is 42.5 Å². The largest absolute Gasteiger partial charge is 0.378 e. The predicted molar refractivity (Wildman–Crippen MR) is 83.8 cm³/mol. The monoisotopic (exact) mass is 274 g/mol.